The molecule has 6 rings (SSSR count). The summed E-state index contributed by atoms with van der Waals surface area (Å²) >= 11 is 0. The molecule has 2 saturated heterocycles. The normalized spacial score (nSPS) is 30.9. The van der Waals surface area contributed by atoms with Crippen LogP contribution in [0.3, 0.4) is 0 Å². The largest absolute Gasteiger partial charge is 0.481 e. The van der Waals surface area contributed by atoms with E-state index in [2.05, 4.69) is 10.1 Å². The average molecular weight is 549 g/mol. The van der Waals surface area contributed by atoms with Gasteiger partial charge in [-0.05, 0) is 82.8 Å². The van der Waals surface area contributed by atoms with Crippen LogP contribution in [0, 0.1) is 11.8 Å². The molecule has 2 unspecified atom stereocenters. The second-order valence-electron chi connectivity index (χ2n) is 13.0. The van der Waals surface area contributed by atoms with Crippen molar-refractivity contribution >= 4 is 22.7 Å². The van der Waals surface area contributed by atoms with Gasteiger partial charge in [0.2, 0.25) is 0 Å². The molecule has 4 bridgehead atoms. The molecule has 216 valence electrons. The number of aliphatic carboxylic acids is 1. The third-order valence-electron chi connectivity index (χ3n) is 9.91. The number of hydrogen-bond acceptors (Lipinski definition) is 6. The van der Waals surface area contributed by atoms with Crippen molar-refractivity contribution in [3.63, 3.8) is 0 Å². The Morgan fingerprint density at radius 2 is 1.62 bits per heavy atom. The number of carboxylic acids is 1. The highest BCUT2D eigenvalue weighted by atomic mass is 16.6. The first kappa shape index (κ1) is 27.4. The van der Waals surface area contributed by atoms with Crippen LogP contribution in [0.25, 0.3) is 11.0 Å². The van der Waals surface area contributed by atoms with Crippen molar-refractivity contribution in [2.24, 2.45) is 17.0 Å². The van der Waals surface area contributed by atoms with Crippen molar-refractivity contribution in [3.8, 4) is 0 Å². The first-order valence-electron chi connectivity index (χ1n) is 15.6. The van der Waals surface area contributed by atoms with E-state index in [9.17, 15) is 14.7 Å². The Labute approximate surface area is 236 Å². The van der Waals surface area contributed by atoms with Crippen LogP contribution in [-0.2, 0) is 9.63 Å². The Kier molecular flexibility index (Phi) is 7.98. The molecule has 0 radical (unpaired) electrons. The van der Waals surface area contributed by atoms with E-state index in [0.29, 0.717) is 23.8 Å². The molecule has 2 aromatic rings. The molecule has 4 fully saturated rings. The standard InChI is InChI=1S/C32H44N4O4/c1-20(2)40-34-28(13-14-30(37)38)31-32(39)36(29-12-4-3-11-27(29)33-31)26-18-23-9-6-10-24(19-26)35(23)25-16-21-7-5-8-22(15-21)17-25/h3-4,11-12,20-26H,5-10,13-19H2,1-2H3,(H,37,38)/t21?,22?,23-,24+,25?,26+. The lowest BCUT2D eigenvalue weighted by molar-refractivity contribution is -0.136. The lowest BCUT2D eigenvalue weighted by Crippen LogP contribution is -2.58. The minimum absolute atomic E-state index is 0.0838. The first-order valence-corrected chi connectivity index (χ1v) is 15.6. The molecular weight excluding hydrogens is 504 g/mol. The Balaban J connectivity index is 1.35. The van der Waals surface area contributed by atoms with Gasteiger partial charge >= 0.3 is 5.97 Å². The number of carbonyl (C=O) groups is 1. The average Bonchev–Trinajstić information content (AvgIpc) is 2.92. The van der Waals surface area contributed by atoms with Gasteiger partial charge in [-0.3, -0.25) is 14.5 Å². The Morgan fingerprint density at radius 3 is 2.30 bits per heavy atom. The van der Waals surface area contributed by atoms with Crippen LogP contribution < -0.4 is 5.56 Å². The van der Waals surface area contributed by atoms with Crippen molar-refractivity contribution in [1.82, 2.24) is 14.5 Å². The highest BCUT2D eigenvalue weighted by Gasteiger charge is 2.45. The van der Waals surface area contributed by atoms with E-state index in [4.69, 9.17) is 9.82 Å². The number of hydrogen-bond donors (Lipinski definition) is 1. The van der Waals surface area contributed by atoms with E-state index in [1.54, 1.807) is 0 Å². The van der Waals surface area contributed by atoms with Gasteiger partial charge < -0.3 is 14.5 Å². The van der Waals surface area contributed by atoms with Crippen LogP contribution in [0.15, 0.2) is 34.2 Å². The van der Waals surface area contributed by atoms with Crippen LogP contribution in [0.2, 0.25) is 0 Å². The first-order chi connectivity index (χ1) is 19.4. The van der Waals surface area contributed by atoms with E-state index in [1.165, 1.54) is 57.8 Å². The maximum absolute atomic E-state index is 14.3. The summed E-state index contributed by atoms with van der Waals surface area (Å²) in [5.74, 6) is 0.870. The van der Waals surface area contributed by atoms with Crippen molar-refractivity contribution < 1.29 is 14.7 Å². The quantitative estimate of drug-likeness (QED) is 0.325. The zero-order chi connectivity index (χ0) is 27.8. The SMILES string of the molecule is CC(C)ON=C(CCC(=O)O)c1nc2ccccc2n([C@H]2C[C@H]3CCC[C@@H](C2)N3C2CC3CCCC(C3)C2)c1=O. The van der Waals surface area contributed by atoms with Crippen molar-refractivity contribution in [2.75, 3.05) is 0 Å². The van der Waals surface area contributed by atoms with Gasteiger partial charge in [0.1, 0.15) is 11.8 Å². The van der Waals surface area contributed by atoms with E-state index in [1.807, 2.05) is 42.7 Å². The highest BCUT2D eigenvalue weighted by molar-refractivity contribution is 6.00. The summed E-state index contributed by atoms with van der Waals surface area (Å²) in [4.78, 5) is 38.8. The number of para-hydroxylation sites is 2. The molecule has 2 aliphatic carbocycles. The summed E-state index contributed by atoms with van der Waals surface area (Å²) < 4.78 is 1.97. The molecule has 40 heavy (non-hydrogen) atoms. The van der Waals surface area contributed by atoms with Gasteiger partial charge in [-0.2, -0.15) is 0 Å². The van der Waals surface area contributed by atoms with Crippen molar-refractivity contribution in [2.45, 2.75) is 128 Å². The number of piperidine rings is 2. The number of fused-ring (bicyclic) bond motifs is 5. The molecule has 8 heteroatoms. The zero-order valence-corrected chi connectivity index (χ0v) is 24.0. The van der Waals surface area contributed by atoms with E-state index < -0.39 is 5.97 Å². The zero-order valence-electron chi connectivity index (χ0n) is 24.0. The highest BCUT2D eigenvalue weighted by Crippen LogP contribution is 2.47. The smallest absolute Gasteiger partial charge is 0.303 e. The predicted octanol–water partition coefficient (Wildman–Crippen LogP) is 5.92. The second kappa shape index (κ2) is 11.6. The van der Waals surface area contributed by atoms with Crippen LogP contribution in [0.1, 0.15) is 109 Å². The van der Waals surface area contributed by atoms with Crippen molar-refractivity contribution in [1.29, 1.82) is 0 Å². The lowest BCUT2D eigenvalue weighted by Gasteiger charge is -2.55. The number of carboxylic acid groups (broad SMARTS) is 1. The summed E-state index contributed by atoms with van der Waals surface area (Å²) in [5.41, 5.74) is 1.93. The topological polar surface area (TPSA) is 97.0 Å². The summed E-state index contributed by atoms with van der Waals surface area (Å²) in [6.45, 7) is 3.72. The Morgan fingerprint density at radius 1 is 0.950 bits per heavy atom. The van der Waals surface area contributed by atoms with Crippen LogP contribution in [0.4, 0.5) is 0 Å². The van der Waals surface area contributed by atoms with Gasteiger partial charge in [-0.15, -0.1) is 0 Å². The second-order valence-corrected chi connectivity index (χ2v) is 13.0. The number of nitrogens with zero attached hydrogens (tertiary/aromatic N) is 4. The lowest BCUT2D eigenvalue weighted by atomic mass is 9.68. The summed E-state index contributed by atoms with van der Waals surface area (Å²) in [6.07, 6.45) is 13.8. The summed E-state index contributed by atoms with van der Waals surface area (Å²) in [6, 6.07) is 9.63. The molecule has 8 nitrogen and oxygen atoms in total. The predicted molar refractivity (Wildman–Crippen MR) is 156 cm³/mol. The van der Waals surface area contributed by atoms with Crippen molar-refractivity contribution in [3.05, 3.63) is 40.3 Å². The third kappa shape index (κ3) is 5.56. The fourth-order valence-corrected chi connectivity index (χ4v) is 8.44. The molecule has 0 amide bonds. The molecule has 5 atom stereocenters. The van der Waals surface area contributed by atoms with Gasteiger partial charge in [-0.25, -0.2) is 4.98 Å². The summed E-state index contributed by atoms with van der Waals surface area (Å²) in [7, 11) is 0. The van der Waals surface area contributed by atoms with E-state index in [-0.39, 0.29) is 36.2 Å². The molecule has 1 aromatic heterocycles. The minimum atomic E-state index is -0.939. The van der Waals surface area contributed by atoms with Gasteiger partial charge in [0.15, 0.2) is 5.69 Å². The number of oxime groups is 1. The molecule has 1 N–H and O–H groups in total. The van der Waals surface area contributed by atoms with Gasteiger partial charge in [0.25, 0.3) is 5.56 Å². The fourth-order valence-electron chi connectivity index (χ4n) is 8.44. The van der Waals surface area contributed by atoms with E-state index in [0.717, 1.165) is 35.7 Å². The monoisotopic (exact) mass is 548 g/mol. The Hall–Kier alpha value is -2.74. The van der Waals surface area contributed by atoms with Gasteiger partial charge in [-0.1, -0.05) is 43.0 Å². The van der Waals surface area contributed by atoms with E-state index >= 15 is 0 Å². The molecule has 4 aliphatic rings. The maximum atomic E-state index is 14.3. The molecule has 2 saturated carbocycles. The van der Waals surface area contributed by atoms with Crippen LogP contribution in [-0.4, -0.2) is 55.5 Å². The van der Waals surface area contributed by atoms with Gasteiger partial charge in [0.05, 0.1) is 17.5 Å². The molecule has 0 spiro atoms. The molecular formula is C32H44N4O4. The van der Waals surface area contributed by atoms with Crippen LogP contribution in [0.5, 0.6) is 0 Å². The number of aromatic nitrogens is 2. The summed E-state index contributed by atoms with van der Waals surface area (Å²) in [5, 5.41) is 13.6. The molecule has 1 aromatic carbocycles. The number of rotatable bonds is 8. The number of benzene rings is 1. The van der Waals surface area contributed by atoms with Gasteiger partial charge in [0, 0.05) is 30.6 Å². The fraction of sp³-hybridized carbons (Fsp3) is 0.688. The molecule has 2 aliphatic heterocycles. The Bertz CT molecular complexity index is 1290. The van der Waals surface area contributed by atoms with Crippen LogP contribution >= 0.6 is 0 Å². The minimum Gasteiger partial charge on any atom is -0.481 e. The maximum Gasteiger partial charge on any atom is 0.303 e. The molecule has 3 heterocycles. The third-order valence-corrected chi connectivity index (χ3v) is 9.91.